The molecule has 2 aromatic carbocycles. The molecule has 3 aromatic rings. The standard InChI is InChI=1S/C16H11ClF3N3O/c17-15-22-12-4-2-1-3-11(12)14(23-15)13(21)9-5-7-10(8-6-9)24-16(18,19)20/h1-8,13H,21H2. The molecular weight excluding hydrogens is 343 g/mol. The highest BCUT2D eigenvalue weighted by atomic mass is 35.5. The summed E-state index contributed by atoms with van der Waals surface area (Å²) in [7, 11) is 0. The van der Waals surface area contributed by atoms with Crippen LogP contribution in [0.15, 0.2) is 48.5 Å². The van der Waals surface area contributed by atoms with Gasteiger partial charge in [0, 0.05) is 5.39 Å². The first-order valence-electron chi connectivity index (χ1n) is 6.87. The Morgan fingerprint density at radius 3 is 2.33 bits per heavy atom. The highest BCUT2D eigenvalue weighted by Crippen LogP contribution is 2.28. The molecule has 0 saturated carbocycles. The van der Waals surface area contributed by atoms with E-state index in [-0.39, 0.29) is 11.0 Å². The number of rotatable bonds is 3. The van der Waals surface area contributed by atoms with Gasteiger partial charge in [0.25, 0.3) is 0 Å². The monoisotopic (exact) mass is 353 g/mol. The van der Waals surface area contributed by atoms with E-state index in [0.29, 0.717) is 16.8 Å². The van der Waals surface area contributed by atoms with Gasteiger partial charge in [-0.25, -0.2) is 9.97 Å². The van der Waals surface area contributed by atoms with Gasteiger partial charge in [0.05, 0.1) is 17.3 Å². The second-order valence-electron chi connectivity index (χ2n) is 4.99. The summed E-state index contributed by atoms with van der Waals surface area (Å²) in [5.41, 5.74) is 7.92. The third-order valence-corrected chi connectivity index (χ3v) is 3.54. The maximum absolute atomic E-state index is 12.2. The molecule has 2 N–H and O–H groups in total. The predicted molar refractivity (Wildman–Crippen MR) is 83.7 cm³/mol. The maximum atomic E-state index is 12.2. The van der Waals surface area contributed by atoms with Crippen LogP contribution in [0.2, 0.25) is 5.28 Å². The summed E-state index contributed by atoms with van der Waals surface area (Å²) in [5.74, 6) is -0.316. The molecule has 1 heterocycles. The zero-order valence-electron chi connectivity index (χ0n) is 12.1. The average Bonchev–Trinajstić information content (AvgIpc) is 2.52. The number of hydrogen-bond donors (Lipinski definition) is 1. The third kappa shape index (κ3) is 3.58. The Morgan fingerprint density at radius 2 is 1.67 bits per heavy atom. The molecule has 3 rings (SSSR count). The van der Waals surface area contributed by atoms with Gasteiger partial charge in [-0.15, -0.1) is 13.2 Å². The first-order valence-corrected chi connectivity index (χ1v) is 7.25. The van der Waals surface area contributed by atoms with E-state index in [1.807, 2.05) is 18.2 Å². The van der Waals surface area contributed by atoms with Crippen LogP contribution in [0.5, 0.6) is 5.75 Å². The van der Waals surface area contributed by atoms with E-state index >= 15 is 0 Å². The van der Waals surface area contributed by atoms with Crippen LogP contribution in [0.3, 0.4) is 0 Å². The minimum atomic E-state index is -4.74. The Bertz CT molecular complexity index is 869. The van der Waals surface area contributed by atoms with Gasteiger partial charge in [0.1, 0.15) is 5.75 Å². The van der Waals surface area contributed by atoms with Crippen molar-refractivity contribution in [1.82, 2.24) is 9.97 Å². The predicted octanol–water partition coefficient (Wildman–Crippen LogP) is 4.23. The van der Waals surface area contributed by atoms with Crippen LogP contribution in [0, 0.1) is 0 Å². The van der Waals surface area contributed by atoms with Gasteiger partial charge >= 0.3 is 6.36 Å². The molecule has 1 aromatic heterocycles. The first kappa shape index (κ1) is 16.5. The molecule has 124 valence electrons. The van der Waals surface area contributed by atoms with Gasteiger partial charge in [-0.05, 0) is 35.4 Å². The van der Waals surface area contributed by atoms with Crippen molar-refractivity contribution in [1.29, 1.82) is 0 Å². The zero-order chi connectivity index (χ0) is 17.3. The van der Waals surface area contributed by atoms with Crippen LogP contribution >= 0.6 is 11.6 Å². The summed E-state index contributed by atoms with van der Waals surface area (Å²) < 4.78 is 40.5. The van der Waals surface area contributed by atoms with Crippen LogP contribution in [0.1, 0.15) is 17.3 Å². The van der Waals surface area contributed by atoms with Crippen LogP contribution < -0.4 is 10.5 Å². The number of ether oxygens (including phenoxy) is 1. The summed E-state index contributed by atoms with van der Waals surface area (Å²) in [6.45, 7) is 0. The minimum Gasteiger partial charge on any atom is -0.406 e. The van der Waals surface area contributed by atoms with Crippen LogP contribution in [0.4, 0.5) is 13.2 Å². The van der Waals surface area contributed by atoms with Gasteiger partial charge in [-0.3, -0.25) is 0 Å². The Labute approximate surface area is 140 Å². The second-order valence-corrected chi connectivity index (χ2v) is 5.33. The first-order chi connectivity index (χ1) is 11.3. The molecule has 1 unspecified atom stereocenters. The van der Waals surface area contributed by atoms with Crippen molar-refractivity contribution in [2.24, 2.45) is 5.73 Å². The fourth-order valence-electron chi connectivity index (χ4n) is 2.34. The molecule has 8 heteroatoms. The molecule has 0 aliphatic heterocycles. The van der Waals surface area contributed by atoms with E-state index in [4.69, 9.17) is 17.3 Å². The molecule has 0 saturated heterocycles. The van der Waals surface area contributed by atoms with Crippen molar-refractivity contribution in [2.75, 3.05) is 0 Å². The number of benzene rings is 2. The van der Waals surface area contributed by atoms with Crippen LogP contribution in [-0.4, -0.2) is 16.3 Å². The van der Waals surface area contributed by atoms with Crippen molar-refractivity contribution >= 4 is 22.5 Å². The van der Waals surface area contributed by atoms with Crippen molar-refractivity contribution < 1.29 is 17.9 Å². The lowest BCUT2D eigenvalue weighted by molar-refractivity contribution is -0.274. The highest BCUT2D eigenvalue weighted by molar-refractivity contribution is 6.28. The zero-order valence-corrected chi connectivity index (χ0v) is 12.8. The van der Waals surface area contributed by atoms with E-state index in [1.54, 1.807) is 6.07 Å². The second kappa shape index (κ2) is 6.26. The molecule has 0 amide bonds. The molecule has 4 nitrogen and oxygen atoms in total. The summed E-state index contributed by atoms with van der Waals surface area (Å²) >= 11 is 5.93. The van der Waals surface area contributed by atoms with Gasteiger partial charge in [0.15, 0.2) is 0 Å². The molecular formula is C16H11ClF3N3O. The van der Waals surface area contributed by atoms with E-state index in [0.717, 1.165) is 5.39 Å². The summed E-state index contributed by atoms with van der Waals surface area (Å²) in [6.07, 6.45) is -4.74. The van der Waals surface area contributed by atoms with Gasteiger partial charge < -0.3 is 10.5 Å². The highest BCUT2D eigenvalue weighted by Gasteiger charge is 2.31. The Morgan fingerprint density at radius 1 is 1.00 bits per heavy atom. The number of fused-ring (bicyclic) bond motifs is 1. The minimum absolute atomic E-state index is 0.0520. The third-order valence-electron chi connectivity index (χ3n) is 3.37. The largest absolute Gasteiger partial charge is 0.573 e. The Kier molecular flexibility index (Phi) is 4.29. The van der Waals surface area contributed by atoms with Gasteiger partial charge in [-0.1, -0.05) is 30.3 Å². The SMILES string of the molecule is NC(c1ccc(OC(F)(F)F)cc1)c1nc(Cl)nc2ccccc12. The lowest BCUT2D eigenvalue weighted by Crippen LogP contribution is -2.17. The van der Waals surface area contributed by atoms with E-state index in [2.05, 4.69) is 14.7 Å². The number of para-hydroxylation sites is 1. The Hall–Kier alpha value is -2.38. The molecule has 0 aliphatic carbocycles. The number of halogens is 4. The van der Waals surface area contributed by atoms with Crippen molar-refractivity contribution in [3.8, 4) is 5.75 Å². The number of nitrogens with zero attached hydrogens (tertiary/aromatic N) is 2. The molecule has 0 bridgehead atoms. The normalized spacial score (nSPS) is 13.0. The summed E-state index contributed by atoms with van der Waals surface area (Å²) in [6, 6.07) is 11.9. The Balaban J connectivity index is 1.96. The lowest BCUT2D eigenvalue weighted by atomic mass is 10.0. The van der Waals surface area contributed by atoms with E-state index in [1.165, 1.54) is 24.3 Å². The molecule has 1 atom stereocenters. The number of alkyl halides is 3. The van der Waals surface area contributed by atoms with E-state index in [9.17, 15) is 13.2 Å². The average molecular weight is 354 g/mol. The van der Waals surface area contributed by atoms with Gasteiger partial charge in [-0.2, -0.15) is 0 Å². The van der Waals surface area contributed by atoms with Crippen LogP contribution in [-0.2, 0) is 0 Å². The quantitative estimate of drug-likeness (QED) is 0.716. The van der Waals surface area contributed by atoms with Crippen molar-refractivity contribution in [3.05, 3.63) is 65.1 Å². The molecule has 0 spiro atoms. The van der Waals surface area contributed by atoms with Crippen molar-refractivity contribution in [3.63, 3.8) is 0 Å². The topological polar surface area (TPSA) is 61.0 Å². The van der Waals surface area contributed by atoms with Crippen LogP contribution in [0.25, 0.3) is 10.9 Å². The van der Waals surface area contributed by atoms with Crippen molar-refractivity contribution in [2.45, 2.75) is 12.4 Å². The summed E-state index contributed by atoms with van der Waals surface area (Å²) in [4.78, 5) is 8.30. The maximum Gasteiger partial charge on any atom is 0.573 e. The smallest absolute Gasteiger partial charge is 0.406 e. The number of aromatic nitrogens is 2. The summed E-state index contributed by atoms with van der Waals surface area (Å²) in [5, 5.41) is 0.779. The fourth-order valence-corrected chi connectivity index (χ4v) is 2.53. The lowest BCUT2D eigenvalue weighted by Gasteiger charge is -2.15. The molecule has 0 radical (unpaired) electrons. The molecule has 0 aliphatic rings. The molecule has 0 fully saturated rings. The number of nitrogens with two attached hydrogens (primary N) is 1. The number of hydrogen-bond acceptors (Lipinski definition) is 4. The van der Waals surface area contributed by atoms with E-state index < -0.39 is 12.4 Å². The fraction of sp³-hybridized carbons (Fsp3) is 0.125. The molecule has 24 heavy (non-hydrogen) atoms. The van der Waals surface area contributed by atoms with Gasteiger partial charge in [0.2, 0.25) is 5.28 Å².